The van der Waals surface area contributed by atoms with Crippen LogP contribution in [0.3, 0.4) is 0 Å². The summed E-state index contributed by atoms with van der Waals surface area (Å²) in [4.78, 5) is 10.4. The van der Waals surface area contributed by atoms with Gasteiger partial charge in [0.1, 0.15) is 17.4 Å². The molecule has 1 aromatic rings. The molecule has 0 aromatic heterocycles. The van der Waals surface area contributed by atoms with E-state index in [-0.39, 0.29) is 22.8 Å². The quantitative estimate of drug-likeness (QED) is 0.620. The molecule has 0 N–H and O–H groups in total. The molecule has 5 heteroatoms. The number of nitriles is 1. The van der Waals surface area contributed by atoms with Gasteiger partial charge in [0, 0.05) is 0 Å². The van der Waals surface area contributed by atoms with Gasteiger partial charge in [-0.1, -0.05) is 20.8 Å². The Morgan fingerprint density at radius 3 is 2.71 bits per heavy atom. The Hall–Kier alpha value is -2.09. The van der Waals surface area contributed by atoms with Gasteiger partial charge in [0.15, 0.2) is 0 Å². The highest BCUT2D eigenvalue weighted by Crippen LogP contribution is 2.40. The first-order valence-electron chi connectivity index (χ1n) is 7.16. The first kappa shape index (κ1) is 15.3. The van der Waals surface area contributed by atoms with E-state index in [9.17, 15) is 10.1 Å². The van der Waals surface area contributed by atoms with E-state index in [1.807, 2.05) is 6.07 Å². The molecule has 2 unspecified atom stereocenters. The minimum Gasteiger partial charge on any atom is -0.490 e. The van der Waals surface area contributed by atoms with Crippen molar-refractivity contribution in [1.29, 1.82) is 5.26 Å². The van der Waals surface area contributed by atoms with Crippen LogP contribution in [0.15, 0.2) is 18.2 Å². The summed E-state index contributed by atoms with van der Waals surface area (Å²) in [6, 6.07) is 6.27. The van der Waals surface area contributed by atoms with E-state index >= 15 is 0 Å². The Labute approximate surface area is 124 Å². The molecule has 0 heterocycles. The molecule has 2 atom stereocenters. The van der Waals surface area contributed by atoms with Crippen LogP contribution in [-0.2, 0) is 0 Å². The van der Waals surface area contributed by atoms with Gasteiger partial charge >= 0.3 is 0 Å². The number of nitrogens with zero attached hydrogens (tertiary/aromatic N) is 2. The van der Waals surface area contributed by atoms with Crippen LogP contribution in [0.2, 0.25) is 0 Å². The third kappa shape index (κ3) is 3.72. The SMILES string of the molecule is CC1CC(Oc2ccc(C#N)c([N+](=O)[O-])c2)CC(C)(C)C1. The van der Waals surface area contributed by atoms with Crippen molar-refractivity contribution in [2.75, 3.05) is 0 Å². The summed E-state index contributed by atoms with van der Waals surface area (Å²) in [6.45, 7) is 6.65. The Morgan fingerprint density at radius 2 is 2.14 bits per heavy atom. The zero-order valence-electron chi connectivity index (χ0n) is 12.6. The summed E-state index contributed by atoms with van der Waals surface area (Å²) >= 11 is 0. The van der Waals surface area contributed by atoms with E-state index in [1.165, 1.54) is 18.6 Å². The topological polar surface area (TPSA) is 76.2 Å². The molecule has 5 nitrogen and oxygen atoms in total. The van der Waals surface area contributed by atoms with E-state index < -0.39 is 4.92 Å². The lowest BCUT2D eigenvalue weighted by atomic mass is 9.71. The lowest BCUT2D eigenvalue weighted by Crippen LogP contribution is -2.34. The summed E-state index contributed by atoms with van der Waals surface area (Å²) < 4.78 is 5.94. The van der Waals surface area contributed by atoms with Crippen molar-refractivity contribution < 1.29 is 9.66 Å². The van der Waals surface area contributed by atoms with E-state index in [4.69, 9.17) is 10.00 Å². The summed E-state index contributed by atoms with van der Waals surface area (Å²) in [6.07, 6.45) is 3.12. The molecule has 112 valence electrons. The maximum atomic E-state index is 11.0. The van der Waals surface area contributed by atoms with Gasteiger partial charge in [0.2, 0.25) is 0 Å². The van der Waals surface area contributed by atoms with Gasteiger partial charge in [-0.25, -0.2) is 0 Å². The Morgan fingerprint density at radius 1 is 1.43 bits per heavy atom. The summed E-state index contributed by atoms with van der Waals surface area (Å²) in [7, 11) is 0. The number of nitro groups is 1. The monoisotopic (exact) mass is 288 g/mol. The minimum absolute atomic E-state index is 0.0599. The molecule has 21 heavy (non-hydrogen) atoms. The summed E-state index contributed by atoms with van der Waals surface area (Å²) in [5.74, 6) is 1.04. The number of rotatable bonds is 3. The van der Waals surface area contributed by atoms with Crippen molar-refractivity contribution in [1.82, 2.24) is 0 Å². The van der Waals surface area contributed by atoms with Crippen molar-refractivity contribution in [3.63, 3.8) is 0 Å². The number of hydrogen-bond donors (Lipinski definition) is 0. The third-order valence-electron chi connectivity index (χ3n) is 3.94. The zero-order chi connectivity index (χ0) is 15.6. The molecule has 1 aromatic carbocycles. The molecule has 0 radical (unpaired) electrons. The van der Waals surface area contributed by atoms with Gasteiger partial charge < -0.3 is 4.74 Å². The Bertz CT molecular complexity index is 590. The second-order valence-electron chi connectivity index (χ2n) is 6.70. The number of benzene rings is 1. The van der Waals surface area contributed by atoms with Crippen molar-refractivity contribution in [2.24, 2.45) is 11.3 Å². The number of hydrogen-bond acceptors (Lipinski definition) is 4. The predicted octanol–water partition coefficient (Wildman–Crippen LogP) is 4.06. The molecular formula is C16H20N2O3. The van der Waals surface area contributed by atoms with Gasteiger partial charge in [-0.3, -0.25) is 10.1 Å². The van der Waals surface area contributed by atoms with Crippen molar-refractivity contribution in [3.8, 4) is 11.8 Å². The molecule has 0 spiro atoms. The molecular weight excluding hydrogens is 268 g/mol. The van der Waals surface area contributed by atoms with Crippen LogP contribution in [0.4, 0.5) is 5.69 Å². The first-order valence-corrected chi connectivity index (χ1v) is 7.16. The average Bonchev–Trinajstić information content (AvgIpc) is 2.36. The van der Waals surface area contributed by atoms with Crippen molar-refractivity contribution in [2.45, 2.75) is 46.1 Å². The maximum absolute atomic E-state index is 11.0. The highest BCUT2D eigenvalue weighted by atomic mass is 16.6. The summed E-state index contributed by atoms with van der Waals surface area (Å²) in [5.41, 5.74) is 0.0868. The highest BCUT2D eigenvalue weighted by Gasteiger charge is 2.33. The van der Waals surface area contributed by atoms with Crippen LogP contribution in [-0.4, -0.2) is 11.0 Å². The van der Waals surface area contributed by atoms with Gasteiger partial charge in [-0.05, 0) is 42.7 Å². The van der Waals surface area contributed by atoms with Gasteiger partial charge in [-0.2, -0.15) is 5.26 Å². The Kier molecular flexibility index (Phi) is 4.17. The molecule has 1 fully saturated rings. The lowest BCUT2D eigenvalue weighted by Gasteiger charge is -2.38. The average molecular weight is 288 g/mol. The van der Waals surface area contributed by atoms with Gasteiger partial charge in [-0.15, -0.1) is 0 Å². The van der Waals surface area contributed by atoms with Crippen LogP contribution in [0.25, 0.3) is 0 Å². The molecule has 0 aliphatic heterocycles. The molecule has 0 saturated heterocycles. The molecule has 1 aliphatic rings. The van der Waals surface area contributed by atoms with E-state index in [0.717, 1.165) is 12.8 Å². The van der Waals surface area contributed by atoms with Crippen LogP contribution in [0.1, 0.15) is 45.6 Å². The summed E-state index contributed by atoms with van der Waals surface area (Å²) in [5, 5.41) is 19.9. The number of ether oxygens (including phenoxy) is 1. The fourth-order valence-corrected chi connectivity index (χ4v) is 3.37. The van der Waals surface area contributed by atoms with Crippen molar-refractivity contribution >= 4 is 5.69 Å². The van der Waals surface area contributed by atoms with Crippen LogP contribution >= 0.6 is 0 Å². The van der Waals surface area contributed by atoms with Crippen molar-refractivity contribution in [3.05, 3.63) is 33.9 Å². The highest BCUT2D eigenvalue weighted by molar-refractivity contribution is 5.52. The molecule has 0 amide bonds. The largest absolute Gasteiger partial charge is 0.490 e. The number of nitro benzene ring substituents is 1. The molecule has 0 bridgehead atoms. The van der Waals surface area contributed by atoms with E-state index in [2.05, 4.69) is 20.8 Å². The van der Waals surface area contributed by atoms with E-state index in [1.54, 1.807) is 6.07 Å². The molecule has 2 rings (SSSR count). The fraction of sp³-hybridized carbons (Fsp3) is 0.562. The lowest BCUT2D eigenvalue weighted by molar-refractivity contribution is -0.385. The third-order valence-corrected chi connectivity index (χ3v) is 3.94. The van der Waals surface area contributed by atoms with Crippen LogP contribution in [0.5, 0.6) is 5.75 Å². The molecule has 1 aliphatic carbocycles. The first-order chi connectivity index (χ1) is 9.80. The van der Waals surface area contributed by atoms with Crippen LogP contribution < -0.4 is 4.74 Å². The maximum Gasteiger partial charge on any atom is 0.290 e. The zero-order valence-corrected chi connectivity index (χ0v) is 12.6. The standard InChI is InChI=1S/C16H20N2O3/c1-11-6-14(9-16(2,3)8-11)21-13-5-4-12(10-17)15(7-13)18(19)20/h4-5,7,11,14H,6,8-9H2,1-3H3. The van der Waals surface area contributed by atoms with Crippen LogP contribution in [0, 0.1) is 32.8 Å². The Balaban J connectivity index is 2.18. The normalized spacial score (nSPS) is 24.1. The smallest absolute Gasteiger partial charge is 0.290 e. The van der Waals surface area contributed by atoms with Gasteiger partial charge in [0.05, 0.1) is 17.1 Å². The van der Waals surface area contributed by atoms with Gasteiger partial charge in [0.25, 0.3) is 5.69 Å². The molecule has 1 saturated carbocycles. The van der Waals surface area contributed by atoms with E-state index in [0.29, 0.717) is 11.7 Å². The minimum atomic E-state index is -0.543. The second-order valence-corrected chi connectivity index (χ2v) is 6.70. The second kappa shape index (κ2) is 5.72. The predicted molar refractivity (Wildman–Crippen MR) is 79.0 cm³/mol. The fourth-order valence-electron chi connectivity index (χ4n) is 3.37.